The number of benzene rings is 1. The minimum atomic E-state index is 0. The smallest absolute Gasteiger partial charge is 0.191 e. The molecular formula is C16H22IN3OS. The molecule has 22 heavy (non-hydrogen) atoms. The molecule has 2 aromatic rings. The van der Waals surface area contributed by atoms with E-state index in [9.17, 15) is 0 Å². The minimum Gasteiger partial charge on any atom is -0.492 e. The van der Waals surface area contributed by atoms with Gasteiger partial charge < -0.3 is 15.4 Å². The zero-order valence-electron chi connectivity index (χ0n) is 12.8. The molecule has 0 unspecified atom stereocenters. The van der Waals surface area contributed by atoms with E-state index in [1.807, 2.05) is 30.3 Å². The molecule has 2 rings (SSSR count). The van der Waals surface area contributed by atoms with E-state index in [1.165, 1.54) is 9.75 Å². The van der Waals surface area contributed by atoms with Gasteiger partial charge in [0.25, 0.3) is 0 Å². The largest absolute Gasteiger partial charge is 0.492 e. The first kappa shape index (κ1) is 18.8. The number of rotatable bonds is 6. The van der Waals surface area contributed by atoms with Crippen molar-refractivity contribution in [3.05, 3.63) is 52.2 Å². The summed E-state index contributed by atoms with van der Waals surface area (Å²) in [5.74, 6) is 1.68. The third-order valence-electron chi connectivity index (χ3n) is 2.86. The number of para-hydroxylation sites is 1. The summed E-state index contributed by atoms with van der Waals surface area (Å²) in [6, 6.07) is 14.1. The molecule has 0 amide bonds. The van der Waals surface area contributed by atoms with Crippen LogP contribution in [0, 0.1) is 6.92 Å². The van der Waals surface area contributed by atoms with Crippen molar-refractivity contribution in [2.24, 2.45) is 4.99 Å². The van der Waals surface area contributed by atoms with Gasteiger partial charge in [0.2, 0.25) is 0 Å². The number of aryl methyl sites for hydroxylation is 1. The third-order valence-corrected chi connectivity index (χ3v) is 3.86. The summed E-state index contributed by atoms with van der Waals surface area (Å²) in [6.45, 7) is 4.21. The van der Waals surface area contributed by atoms with Gasteiger partial charge in [0, 0.05) is 16.8 Å². The molecule has 0 aliphatic heterocycles. The van der Waals surface area contributed by atoms with Gasteiger partial charge in [-0.3, -0.25) is 4.99 Å². The lowest BCUT2D eigenvalue weighted by Gasteiger charge is -2.12. The topological polar surface area (TPSA) is 45.7 Å². The van der Waals surface area contributed by atoms with Crippen LogP contribution in [-0.2, 0) is 6.54 Å². The highest BCUT2D eigenvalue weighted by Crippen LogP contribution is 2.14. The first-order valence-corrected chi connectivity index (χ1v) is 7.77. The monoisotopic (exact) mass is 431 g/mol. The third kappa shape index (κ3) is 6.65. The number of ether oxygens (including phenoxy) is 1. The molecule has 0 saturated heterocycles. The Labute approximate surface area is 153 Å². The van der Waals surface area contributed by atoms with E-state index >= 15 is 0 Å². The van der Waals surface area contributed by atoms with Gasteiger partial charge in [-0.2, -0.15) is 0 Å². The average molecular weight is 431 g/mol. The molecular weight excluding hydrogens is 409 g/mol. The van der Waals surface area contributed by atoms with Gasteiger partial charge in [-0.25, -0.2) is 0 Å². The Kier molecular flexibility index (Phi) is 8.91. The second-order valence-corrected chi connectivity index (χ2v) is 5.90. The number of nitrogens with zero attached hydrogens (tertiary/aromatic N) is 1. The molecule has 0 aliphatic carbocycles. The van der Waals surface area contributed by atoms with E-state index in [-0.39, 0.29) is 24.0 Å². The van der Waals surface area contributed by atoms with Crippen LogP contribution in [0.5, 0.6) is 5.75 Å². The molecule has 1 aromatic carbocycles. The first-order valence-electron chi connectivity index (χ1n) is 6.95. The van der Waals surface area contributed by atoms with Crippen LogP contribution < -0.4 is 15.4 Å². The molecule has 1 heterocycles. The van der Waals surface area contributed by atoms with Crippen molar-refractivity contribution in [3.8, 4) is 5.75 Å². The van der Waals surface area contributed by atoms with Gasteiger partial charge in [-0.05, 0) is 31.2 Å². The van der Waals surface area contributed by atoms with Crippen LogP contribution in [0.4, 0.5) is 0 Å². The molecule has 1 aromatic heterocycles. The summed E-state index contributed by atoms with van der Waals surface area (Å²) in [6.07, 6.45) is 0. The lowest BCUT2D eigenvalue weighted by atomic mass is 10.3. The molecule has 0 saturated carbocycles. The van der Waals surface area contributed by atoms with Crippen molar-refractivity contribution in [3.63, 3.8) is 0 Å². The van der Waals surface area contributed by atoms with Gasteiger partial charge in [-0.1, -0.05) is 18.2 Å². The number of hydrogen-bond acceptors (Lipinski definition) is 3. The zero-order valence-corrected chi connectivity index (χ0v) is 16.0. The second-order valence-electron chi connectivity index (χ2n) is 4.53. The summed E-state index contributed by atoms with van der Waals surface area (Å²) in [5, 5.41) is 6.53. The SMILES string of the molecule is CN=C(NCCOc1ccccc1)NCc1ccc(C)s1.I. The van der Waals surface area contributed by atoms with Crippen LogP contribution in [-0.4, -0.2) is 26.2 Å². The van der Waals surface area contributed by atoms with Crippen molar-refractivity contribution in [1.29, 1.82) is 0 Å². The molecule has 0 aliphatic rings. The van der Waals surface area contributed by atoms with Crippen LogP contribution in [0.3, 0.4) is 0 Å². The quantitative estimate of drug-likeness (QED) is 0.319. The fourth-order valence-corrected chi connectivity index (χ4v) is 2.66. The van der Waals surface area contributed by atoms with E-state index in [0.29, 0.717) is 13.2 Å². The highest BCUT2D eigenvalue weighted by molar-refractivity contribution is 14.0. The van der Waals surface area contributed by atoms with Gasteiger partial charge in [0.15, 0.2) is 5.96 Å². The number of halogens is 1. The van der Waals surface area contributed by atoms with Crippen LogP contribution in [0.2, 0.25) is 0 Å². The standard InChI is InChI=1S/C16H21N3OS.HI/c1-13-8-9-15(21-13)12-19-16(17-2)18-10-11-20-14-6-4-3-5-7-14;/h3-9H,10-12H2,1-2H3,(H2,17,18,19);1H. The molecule has 0 radical (unpaired) electrons. The molecule has 2 N–H and O–H groups in total. The Bertz CT molecular complexity index is 572. The van der Waals surface area contributed by atoms with Gasteiger partial charge in [0.1, 0.15) is 12.4 Å². The number of thiophene rings is 1. The van der Waals surface area contributed by atoms with E-state index < -0.39 is 0 Å². The molecule has 0 bridgehead atoms. The van der Waals surface area contributed by atoms with E-state index in [0.717, 1.165) is 18.3 Å². The fourth-order valence-electron chi connectivity index (χ4n) is 1.83. The van der Waals surface area contributed by atoms with Gasteiger partial charge in [-0.15, -0.1) is 35.3 Å². The molecule has 0 spiro atoms. The predicted octanol–water partition coefficient (Wildman–Crippen LogP) is 3.42. The predicted molar refractivity (Wildman–Crippen MR) is 105 cm³/mol. The van der Waals surface area contributed by atoms with Crippen molar-refractivity contribution in [2.45, 2.75) is 13.5 Å². The molecule has 6 heteroatoms. The molecule has 4 nitrogen and oxygen atoms in total. The maximum Gasteiger partial charge on any atom is 0.191 e. The lowest BCUT2D eigenvalue weighted by Crippen LogP contribution is -2.38. The number of guanidine groups is 1. The Morgan fingerprint density at radius 2 is 1.91 bits per heavy atom. The number of hydrogen-bond donors (Lipinski definition) is 2. The van der Waals surface area contributed by atoms with Crippen molar-refractivity contribution in [1.82, 2.24) is 10.6 Å². The highest BCUT2D eigenvalue weighted by atomic mass is 127. The average Bonchev–Trinajstić information content (AvgIpc) is 2.93. The minimum absolute atomic E-state index is 0. The zero-order chi connectivity index (χ0) is 14.9. The Morgan fingerprint density at radius 1 is 1.14 bits per heavy atom. The Balaban J connectivity index is 0.00000242. The van der Waals surface area contributed by atoms with Crippen molar-refractivity contribution >= 4 is 41.3 Å². The summed E-state index contributed by atoms with van der Waals surface area (Å²) >= 11 is 1.80. The van der Waals surface area contributed by atoms with E-state index in [1.54, 1.807) is 18.4 Å². The van der Waals surface area contributed by atoms with Gasteiger partial charge in [0.05, 0.1) is 13.1 Å². The second kappa shape index (κ2) is 10.4. The van der Waals surface area contributed by atoms with Crippen LogP contribution in [0.1, 0.15) is 9.75 Å². The molecule has 0 atom stereocenters. The Morgan fingerprint density at radius 3 is 2.55 bits per heavy atom. The molecule has 120 valence electrons. The van der Waals surface area contributed by atoms with Crippen molar-refractivity contribution in [2.75, 3.05) is 20.2 Å². The number of aliphatic imine (C=N–C) groups is 1. The summed E-state index contributed by atoms with van der Waals surface area (Å²) < 4.78 is 5.62. The fraction of sp³-hybridized carbons (Fsp3) is 0.312. The van der Waals surface area contributed by atoms with Crippen molar-refractivity contribution < 1.29 is 4.74 Å². The molecule has 0 fully saturated rings. The Hall–Kier alpha value is -1.28. The maximum atomic E-state index is 5.62. The maximum absolute atomic E-state index is 5.62. The van der Waals surface area contributed by atoms with Crippen LogP contribution in [0.15, 0.2) is 47.5 Å². The summed E-state index contributed by atoms with van der Waals surface area (Å²) in [4.78, 5) is 6.82. The first-order chi connectivity index (χ1) is 10.3. The summed E-state index contributed by atoms with van der Waals surface area (Å²) in [5.41, 5.74) is 0. The lowest BCUT2D eigenvalue weighted by molar-refractivity contribution is 0.322. The van der Waals surface area contributed by atoms with Crippen LogP contribution >= 0.6 is 35.3 Å². The highest BCUT2D eigenvalue weighted by Gasteiger charge is 2.00. The normalized spacial score (nSPS) is 10.7. The summed E-state index contributed by atoms with van der Waals surface area (Å²) in [7, 11) is 1.77. The van der Waals surface area contributed by atoms with Gasteiger partial charge >= 0.3 is 0 Å². The van der Waals surface area contributed by atoms with E-state index in [4.69, 9.17) is 4.74 Å². The van der Waals surface area contributed by atoms with E-state index in [2.05, 4.69) is 34.7 Å². The van der Waals surface area contributed by atoms with Crippen LogP contribution in [0.25, 0.3) is 0 Å². The number of nitrogens with one attached hydrogen (secondary N) is 2.